The first-order valence-electron chi connectivity index (χ1n) is 8.96. The molecular formula is C19H33N3O4. The number of aliphatic hydroxyl groups is 1. The van der Waals surface area contributed by atoms with Gasteiger partial charge in [0.2, 0.25) is 0 Å². The molecule has 0 radical (unpaired) electrons. The van der Waals surface area contributed by atoms with E-state index in [4.69, 9.17) is 9.90 Å². The molecule has 7 nitrogen and oxygen atoms in total. The van der Waals surface area contributed by atoms with Gasteiger partial charge in [0, 0.05) is 43.7 Å². The molecule has 0 aromatic carbocycles. The SMILES string of the molecule is CN(C)[C@@H]1CC[C@H](CO)CN(C(=O)c2ccn(C(C)(C)C)c2)C1.O=CO. The molecule has 2 heterocycles. The topological polar surface area (TPSA) is 86.0 Å². The summed E-state index contributed by atoms with van der Waals surface area (Å²) in [6, 6.07) is 2.25. The van der Waals surface area contributed by atoms with Crippen LogP contribution in [0.4, 0.5) is 0 Å². The van der Waals surface area contributed by atoms with Crippen LogP contribution in [0.15, 0.2) is 18.5 Å². The van der Waals surface area contributed by atoms with Crippen LogP contribution in [-0.2, 0) is 10.3 Å². The number of amides is 1. The Kier molecular flexibility index (Phi) is 8.30. The van der Waals surface area contributed by atoms with Crippen molar-refractivity contribution >= 4 is 12.4 Å². The van der Waals surface area contributed by atoms with Crippen molar-refractivity contribution in [3.63, 3.8) is 0 Å². The minimum atomic E-state index is -0.250. The molecule has 148 valence electrons. The van der Waals surface area contributed by atoms with E-state index in [0.717, 1.165) is 24.9 Å². The van der Waals surface area contributed by atoms with Crippen molar-refractivity contribution in [1.29, 1.82) is 0 Å². The molecular weight excluding hydrogens is 334 g/mol. The highest BCUT2D eigenvalue weighted by atomic mass is 16.3. The third kappa shape index (κ3) is 6.14. The second-order valence-electron chi connectivity index (χ2n) is 8.04. The average molecular weight is 367 g/mol. The van der Waals surface area contributed by atoms with E-state index >= 15 is 0 Å². The summed E-state index contributed by atoms with van der Waals surface area (Å²) in [6.07, 6.45) is 5.89. The summed E-state index contributed by atoms with van der Waals surface area (Å²) in [6.45, 7) is 7.63. The summed E-state index contributed by atoms with van der Waals surface area (Å²) in [5, 5.41) is 16.5. The Morgan fingerprint density at radius 2 is 1.92 bits per heavy atom. The van der Waals surface area contributed by atoms with Crippen molar-refractivity contribution in [2.24, 2.45) is 5.92 Å². The van der Waals surface area contributed by atoms with E-state index in [2.05, 4.69) is 44.3 Å². The number of aromatic nitrogens is 1. The van der Waals surface area contributed by atoms with Gasteiger partial charge in [-0.15, -0.1) is 0 Å². The third-order valence-electron chi connectivity index (χ3n) is 4.81. The number of carboxylic acid groups (broad SMARTS) is 1. The minimum Gasteiger partial charge on any atom is -0.483 e. The normalized spacial score (nSPS) is 21.0. The summed E-state index contributed by atoms with van der Waals surface area (Å²) in [7, 11) is 4.12. The van der Waals surface area contributed by atoms with Crippen LogP contribution in [0.1, 0.15) is 44.0 Å². The maximum Gasteiger partial charge on any atom is 0.290 e. The van der Waals surface area contributed by atoms with Gasteiger partial charge >= 0.3 is 0 Å². The number of nitrogens with zero attached hydrogens (tertiary/aromatic N) is 3. The quantitative estimate of drug-likeness (QED) is 0.795. The van der Waals surface area contributed by atoms with Crippen LogP contribution < -0.4 is 0 Å². The lowest BCUT2D eigenvalue weighted by molar-refractivity contribution is -0.122. The van der Waals surface area contributed by atoms with Crippen molar-refractivity contribution in [2.45, 2.75) is 45.2 Å². The van der Waals surface area contributed by atoms with E-state index in [9.17, 15) is 9.90 Å². The summed E-state index contributed by atoms with van der Waals surface area (Å²) in [4.78, 5) is 25.4. The first kappa shape index (κ1) is 22.2. The predicted octanol–water partition coefficient (Wildman–Crippen LogP) is 1.72. The number of carbonyl (C=O) groups excluding carboxylic acids is 1. The summed E-state index contributed by atoms with van der Waals surface area (Å²) in [5.41, 5.74) is 0.702. The Bertz CT molecular complexity index is 578. The van der Waals surface area contributed by atoms with Gasteiger partial charge in [0.1, 0.15) is 0 Å². The zero-order valence-corrected chi connectivity index (χ0v) is 16.6. The molecule has 2 atom stereocenters. The van der Waals surface area contributed by atoms with Gasteiger partial charge in [-0.3, -0.25) is 9.59 Å². The summed E-state index contributed by atoms with van der Waals surface area (Å²) in [5.74, 6) is 0.244. The second-order valence-corrected chi connectivity index (χ2v) is 8.04. The molecule has 1 saturated heterocycles. The number of likely N-dealkylation sites (tertiary alicyclic amines) is 1. The zero-order chi connectivity index (χ0) is 19.9. The van der Waals surface area contributed by atoms with E-state index in [1.54, 1.807) is 0 Å². The smallest absolute Gasteiger partial charge is 0.290 e. The predicted molar refractivity (Wildman–Crippen MR) is 101 cm³/mol. The van der Waals surface area contributed by atoms with E-state index < -0.39 is 0 Å². The van der Waals surface area contributed by atoms with Crippen LogP contribution in [0.5, 0.6) is 0 Å². The van der Waals surface area contributed by atoms with Gasteiger partial charge in [0.05, 0.1) is 5.56 Å². The first-order valence-corrected chi connectivity index (χ1v) is 8.96. The van der Waals surface area contributed by atoms with E-state index in [-0.39, 0.29) is 30.4 Å². The summed E-state index contributed by atoms with van der Waals surface area (Å²) >= 11 is 0. The zero-order valence-electron chi connectivity index (χ0n) is 16.6. The molecule has 1 aromatic heterocycles. The van der Waals surface area contributed by atoms with Crippen LogP contribution >= 0.6 is 0 Å². The fraction of sp³-hybridized carbons (Fsp3) is 0.684. The molecule has 1 fully saturated rings. The maximum absolute atomic E-state index is 12.9. The van der Waals surface area contributed by atoms with Gasteiger partial charge in [0.25, 0.3) is 12.4 Å². The number of hydrogen-bond donors (Lipinski definition) is 2. The number of likely N-dealkylation sites (N-methyl/N-ethyl adjacent to an activating group) is 1. The molecule has 0 saturated carbocycles. The van der Waals surface area contributed by atoms with Crippen LogP contribution in [0.2, 0.25) is 0 Å². The van der Waals surface area contributed by atoms with Crippen molar-refractivity contribution < 1.29 is 19.8 Å². The van der Waals surface area contributed by atoms with Crippen LogP contribution in [0.25, 0.3) is 0 Å². The highest BCUT2D eigenvalue weighted by molar-refractivity contribution is 5.94. The lowest BCUT2D eigenvalue weighted by atomic mass is 10.0. The lowest BCUT2D eigenvalue weighted by Crippen LogP contribution is -2.42. The highest BCUT2D eigenvalue weighted by Gasteiger charge is 2.29. The lowest BCUT2D eigenvalue weighted by Gasteiger charge is -2.29. The minimum absolute atomic E-state index is 0.0306. The highest BCUT2D eigenvalue weighted by Crippen LogP contribution is 2.22. The van der Waals surface area contributed by atoms with Crippen molar-refractivity contribution in [3.8, 4) is 0 Å². The van der Waals surface area contributed by atoms with Crippen LogP contribution in [0, 0.1) is 5.92 Å². The number of rotatable bonds is 3. The van der Waals surface area contributed by atoms with Crippen molar-refractivity contribution in [3.05, 3.63) is 24.0 Å². The molecule has 2 N–H and O–H groups in total. The van der Waals surface area contributed by atoms with Gasteiger partial charge in [-0.05, 0) is 59.7 Å². The Balaban J connectivity index is 0.00000105. The summed E-state index contributed by atoms with van der Waals surface area (Å²) < 4.78 is 2.07. The van der Waals surface area contributed by atoms with E-state index in [1.165, 1.54) is 0 Å². The molecule has 1 aromatic rings. The maximum atomic E-state index is 12.9. The first-order chi connectivity index (χ1) is 12.1. The standard InChI is InChI=1S/C18H31N3O2.CH2O2/c1-18(2,3)21-9-8-15(11-21)17(23)20-10-14(13-22)6-7-16(12-20)19(4)5;2-1-3/h8-9,11,14,16,22H,6-7,10,12-13H2,1-5H3;1H,(H,2,3)/t14-,16+;/m0./s1. The number of aliphatic hydroxyl groups excluding tert-OH is 1. The fourth-order valence-electron chi connectivity index (χ4n) is 3.11. The molecule has 0 bridgehead atoms. The molecule has 2 rings (SSSR count). The van der Waals surface area contributed by atoms with Crippen molar-refractivity contribution in [2.75, 3.05) is 33.8 Å². The molecule has 0 aliphatic carbocycles. The molecule has 0 unspecified atom stereocenters. The Morgan fingerprint density at radius 1 is 1.31 bits per heavy atom. The van der Waals surface area contributed by atoms with Gasteiger partial charge in [-0.2, -0.15) is 0 Å². The molecule has 1 aliphatic rings. The van der Waals surface area contributed by atoms with Crippen LogP contribution in [-0.4, -0.2) is 76.8 Å². The molecule has 7 heteroatoms. The fourth-order valence-corrected chi connectivity index (χ4v) is 3.11. The Labute approximate surface area is 156 Å². The molecule has 26 heavy (non-hydrogen) atoms. The van der Waals surface area contributed by atoms with E-state index in [1.807, 2.05) is 23.4 Å². The van der Waals surface area contributed by atoms with Crippen LogP contribution in [0.3, 0.4) is 0 Å². The molecule has 0 spiro atoms. The van der Waals surface area contributed by atoms with E-state index in [0.29, 0.717) is 12.6 Å². The number of hydrogen-bond acceptors (Lipinski definition) is 4. The Hall–Kier alpha value is -1.86. The van der Waals surface area contributed by atoms with Gasteiger partial charge in [-0.1, -0.05) is 0 Å². The monoisotopic (exact) mass is 367 g/mol. The van der Waals surface area contributed by atoms with Gasteiger partial charge in [0.15, 0.2) is 0 Å². The third-order valence-corrected chi connectivity index (χ3v) is 4.81. The Morgan fingerprint density at radius 3 is 2.38 bits per heavy atom. The molecule has 1 amide bonds. The van der Waals surface area contributed by atoms with Gasteiger partial charge < -0.3 is 24.6 Å². The molecule has 1 aliphatic heterocycles. The largest absolute Gasteiger partial charge is 0.483 e. The van der Waals surface area contributed by atoms with Gasteiger partial charge in [-0.25, -0.2) is 0 Å². The average Bonchev–Trinajstić information content (AvgIpc) is 2.95. The van der Waals surface area contributed by atoms with Crippen molar-refractivity contribution in [1.82, 2.24) is 14.4 Å². The second kappa shape index (κ2) is 9.73. The number of carbonyl (C=O) groups is 2.